The normalized spacial score (nSPS) is 19.6. The van der Waals surface area contributed by atoms with Crippen molar-refractivity contribution in [2.45, 2.75) is 19.4 Å². The molecule has 1 aromatic rings. The maximum absolute atomic E-state index is 9.88. The van der Waals surface area contributed by atoms with Crippen LogP contribution in [0.4, 0.5) is 0 Å². The van der Waals surface area contributed by atoms with Crippen LogP contribution in [0.15, 0.2) is 23.4 Å². The molecule has 0 fully saturated rings. The Labute approximate surface area is 88.1 Å². The number of hydrogen-bond donors (Lipinski definition) is 1. The minimum atomic E-state index is -0.194. The molecule has 1 N–H and O–H groups in total. The summed E-state index contributed by atoms with van der Waals surface area (Å²) in [5.74, 6) is 0.593. The fraction of sp³-hybridized carbons (Fsp3) is 0.364. The van der Waals surface area contributed by atoms with Crippen molar-refractivity contribution in [1.29, 1.82) is 0 Å². The number of phenolic OH excluding ortho intramolecular Hbond substituents is 1. The van der Waals surface area contributed by atoms with Crippen LogP contribution < -0.4 is 4.74 Å². The zero-order chi connectivity index (χ0) is 10.8. The molecule has 80 valence electrons. The average molecular weight is 207 g/mol. The van der Waals surface area contributed by atoms with E-state index in [4.69, 9.17) is 9.57 Å². The van der Waals surface area contributed by atoms with Gasteiger partial charge in [-0.2, -0.15) is 0 Å². The minimum Gasteiger partial charge on any atom is -0.504 e. The summed E-state index contributed by atoms with van der Waals surface area (Å²) in [5, 5.41) is 13.7. The Balaban J connectivity index is 2.29. The summed E-state index contributed by atoms with van der Waals surface area (Å²) >= 11 is 0. The van der Waals surface area contributed by atoms with Gasteiger partial charge in [0.05, 0.1) is 12.8 Å². The largest absolute Gasteiger partial charge is 0.504 e. The fourth-order valence-electron chi connectivity index (χ4n) is 1.63. The van der Waals surface area contributed by atoms with Crippen LogP contribution in [0.3, 0.4) is 0 Å². The number of para-hydroxylation sites is 1. The number of ether oxygens (including phenoxy) is 1. The van der Waals surface area contributed by atoms with E-state index >= 15 is 0 Å². The third kappa shape index (κ3) is 1.75. The Bertz CT molecular complexity index is 401. The van der Waals surface area contributed by atoms with E-state index in [2.05, 4.69) is 5.16 Å². The summed E-state index contributed by atoms with van der Waals surface area (Å²) in [6.45, 7) is 1.90. The first-order chi connectivity index (χ1) is 7.22. The highest BCUT2D eigenvalue weighted by Gasteiger charge is 2.24. The predicted molar refractivity (Wildman–Crippen MR) is 56.2 cm³/mol. The molecule has 0 aliphatic carbocycles. The lowest BCUT2D eigenvalue weighted by Gasteiger charge is -2.12. The summed E-state index contributed by atoms with van der Waals surface area (Å²) in [6, 6.07) is 5.35. The second kappa shape index (κ2) is 3.81. The van der Waals surface area contributed by atoms with Crippen molar-refractivity contribution in [3.63, 3.8) is 0 Å². The second-order valence-electron chi connectivity index (χ2n) is 3.52. The number of benzene rings is 1. The smallest absolute Gasteiger partial charge is 0.164 e. The molecule has 0 spiro atoms. The van der Waals surface area contributed by atoms with Gasteiger partial charge in [-0.1, -0.05) is 17.3 Å². The van der Waals surface area contributed by atoms with Gasteiger partial charge in [-0.25, -0.2) is 0 Å². The van der Waals surface area contributed by atoms with Gasteiger partial charge in [0.2, 0.25) is 0 Å². The van der Waals surface area contributed by atoms with Crippen LogP contribution in [0, 0.1) is 0 Å². The van der Waals surface area contributed by atoms with Crippen LogP contribution in [0.1, 0.15) is 25.0 Å². The van der Waals surface area contributed by atoms with Crippen LogP contribution in [-0.2, 0) is 4.84 Å². The van der Waals surface area contributed by atoms with Crippen LogP contribution >= 0.6 is 0 Å². The Hall–Kier alpha value is -1.71. The topological polar surface area (TPSA) is 51.0 Å². The molecular weight excluding hydrogens is 194 g/mol. The number of methoxy groups -OCH3 is 1. The van der Waals surface area contributed by atoms with Crippen molar-refractivity contribution in [3.8, 4) is 11.5 Å². The standard InChI is InChI=1S/C11H13NO3/c1-7-6-10(15-12-7)8-4-3-5-9(14-2)11(8)13/h3-5,10,13H,6H2,1-2H3/t10-/m1/s1. The molecule has 0 radical (unpaired) electrons. The van der Waals surface area contributed by atoms with Crippen LogP contribution in [0.5, 0.6) is 11.5 Å². The number of nitrogens with zero attached hydrogens (tertiary/aromatic N) is 1. The quantitative estimate of drug-likeness (QED) is 0.809. The SMILES string of the molecule is COc1cccc([C@H]2CC(C)=NO2)c1O. The van der Waals surface area contributed by atoms with Crippen molar-refractivity contribution in [3.05, 3.63) is 23.8 Å². The first-order valence-electron chi connectivity index (χ1n) is 4.77. The summed E-state index contributed by atoms with van der Waals surface area (Å²) in [7, 11) is 1.52. The Morgan fingerprint density at radius 3 is 2.93 bits per heavy atom. The lowest BCUT2D eigenvalue weighted by molar-refractivity contribution is 0.0834. The van der Waals surface area contributed by atoms with Gasteiger partial charge in [0.15, 0.2) is 17.6 Å². The number of aromatic hydroxyl groups is 1. The monoisotopic (exact) mass is 207 g/mol. The van der Waals surface area contributed by atoms with E-state index < -0.39 is 0 Å². The first-order valence-corrected chi connectivity index (χ1v) is 4.77. The Morgan fingerprint density at radius 1 is 1.53 bits per heavy atom. The van der Waals surface area contributed by atoms with E-state index in [0.717, 1.165) is 11.3 Å². The summed E-state index contributed by atoms with van der Waals surface area (Å²) in [5.41, 5.74) is 1.65. The van der Waals surface area contributed by atoms with Crippen molar-refractivity contribution in [2.75, 3.05) is 7.11 Å². The number of rotatable bonds is 2. The van der Waals surface area contributed by atoms with Crippen molar-refractivity contribution in [2.24, 2.45) is 5.16 Å². The van der Waals surface area contributed by atoms with Gasteiger partial charge < -0.3 is 14.7 Å². The highest BCUT2D eigenvalue weighted by atomic mass is 16.6. The second-order valence-corrected chi connectivity index (χ2v) is 3.52. The van der Waals surface area contributed by atoms with Crippen molar-refractivity contribution in [1.82, 2.24) is 0 Å². The first kappa shape index (κ1) is 9.83. The van der Waals surface area contributed by atoms with Gasteiger partial charge in [-0.15, -0.1) is 0 Å². The zero-order valence-electron chi connectivity index (χ0n) is 8.73. The molecule has 0 aromatic heterocycles. The maximum Gasteiger partial charge on any atom is 0.164 e. The van der Waals surface area contributed by atoms with E-state index in [0.29, 0.717) is 12.2 Å². The molecule has 1 atom stereocenters. The molecule has 1 aliphatic rings. The molecule has 4 nitrogen and oxygen atoms in total. The van der Waals surface area contributed by atoms with E-state index in [9.17, 15) is 5.11 Å². The maximum atomic E-state index is 9.88. The predicted octanol–water partition coefficient (Wildman–Crippen LogP) is 2.24. The van der Waals surface area contributed by atoms with Crippen LogP contribution in [0.2, 0.25) is 0 Å². The molecule has 0 saturated carbocycles. The molecule has 15 heavy (non-hydrogen) atoms. The minimum absolute atomic E-state index is 0.134. The van der Waals surface area contributed by atoms with Gasteiger partial charge in [0, 0.05) is 12.0 Å². The molecule has 0 saturated heterocycles. The van der Waals surface area contributed by atoms with Gasteiger partial charge in [0.25, 0.3) is 0 Å². The zero-order valence-corrected chi connectivity index (χ0v) is 8.73. The van der Waals surface area contributed by atoms with Gasteiger partial charge in [-0.3, -0.25) is 0 Å². The van der Waals surface area contributed by atoms with E-state index in [1.165, 1.54) is 7.11 Å². The summed E-state index contributed by atoms with van der Waals surface area (Å²) in [6.07, 6.45) is 0.515. The molecule has 1 aromatic carbocycles. The van der Waals surface area contributed by atoms with Gasteiger partial charge in [-0.05, 0) is 13.0 Å². The third-order valence-electron chi connectivity index (χ3n) is 2.41. The summed E-state index contributed by atoms with van der Waals surface area (Å²) < 4.78 is 5.03. The van der Waals surface area contributed by atoms with E-state index in [1.54, 1.807) is 6.07 Å². The number of phenols is 1. The fourth-order valence-corrected chi connectivity index (χ4v) is 1.63. The lowest BCUT2D eigenvalue weighted by Crippen LogP contribution is -1.99. The molecule has 4 heteroatoms. The van der Waals surface area contributed by atoms with E-state index in [-0.39, 0.29) is 11.9 Å². The van der Waals surface area contributed by atoms with Crippen molar-refractivity contribution < 1.29 is 14.7 Å². The molecule has 2 rings (SSSR count). The molecule has 1 aliphatic heterocycles. The lowest BCUT2D eigenvalue weighted by atomic mass is 10.0. The van der Waals surface area contributed by atoms with E-state index in [1.807, 2.05) is 19.1 Å². The molecule has 0 bridgehead atoms. The number of hydrogen-bond acceptors (Lipinski definition) is 4. The molecule has 0 amide bonds. The number of oxime groups is 1. The van der Waals surface area contributed by atoms with Crippen LogP contribution in [0.25, 0.3) is 0 Å². The van der Waals surface area contributed by atoms with Gasteiger partial charge in [0.1, 0.15) is 0 Å². The highest BCUT2D eigenvalue weighted by molar-refractivity contribution is 5.83. The molecular formula is C11H13NO3. The third-order valence-corrected chi connectivity index (χ3v) is 2.41. The van der Waals surface area contributed by atoms with Crippen LogP contribution in [-0.4, -0.2) is 17.9 Å². The average Bonchev–Trinajstić information content (AvgIpc) is 2.65. The van der Waals surface area contributed by atoms with Crippen molar-refractivity contribution >= 4 is 5.71 Å². The molecule has 1 heterocycles. The Morgan fingerprint density at radius 2 is 2.33 bits per heavy atom. The van der Waals surface area contributed by atoms with Gasteiger partial charge >= 0.3 is 0 Å². The Kier molecular flexibility index (Phi) is 2.49. The molecule has 0 unspecified atom stereocenters. The summed E-state index contributed by atoms with van der Waals surface area (Å²) in [4.78, 5) is 5.20. The highest BCUT2D eigenvalue weighted by Crippen LogP contribution is 2.38.